The number of nitriles is 1. The molecule has 60 valence electrons. The molecule has 0 aromatic heterocycles. The molecule has 0 saturated carbocycles. The Morgan fingerprint density at radius 1 is 1.73 bits per heavy atom. The Kier molecular flexibility index (Phi) is 4.58. The van der Waals surface area contributed by atoms with E-state index in [9.17, 15) is 4.79 Å². The monoisotopic (exact) mass is 155 g/mol. The van der Waals surface area contributed by atoms with Crippen LogP contribution in [0.2, 0.25) is 0 Å². The van der Waals surface area contributed by atoms with Crippen molar-refractivity contribution < 1.29 is 14.3 Å². The van der Waals surface area contributed by atoms with Crippen LogP contribution in [0, 0.1) is 11.5 Å². The molecule has 4 nitrogen and oxygen atoms in total. The second kappa shape index (κ2) is 5.30. The van der Waals surface area contributed by atoms with E-state index in [1.807, 2.05) is 0 Å². The largest absolute Gasteiger partial charge is 0.463 e. The normalized spacial score (nSPS) is 10.1. The Labute approximate surface area is 65.0 Å². The zero-order valence-electron chi connectivity index (χ0n) is 6.46. The first-order valence-electron chi connectivity index (χ1n) is 3.11. The van der Waals surface area contributed by atoms with Crippen LogP contribution < -0.4 is 0 Å². The number of esters is 1. The van der Waals surface area contributed by atoms with Crippen LogP contribution in [-0.2, 0) is 14.3 Å². The lowest BCUT2D eigenvalue weighted by atomic mass is 10.3. The number of ether oxygens (including phenoxy) is 2. The third-order valence-corrected chi connectivity index (χ3v) is 0.886. The fraction of sp³-hybridized carbons (Fsp3) is 0.429. The Balaban J connectivity index is 3.92. The van der Waals surface area contributed by atoms with Gasteiger partial charge >= 0.3 is 5.97 Å². The molecule has 4 heteroatoms. The molecule has 0 radical (unpaired) electrons. The van der Waals surface area contributed by atoms with E-state index in [-0.39, 0.29) is 5.57 Å². The summed E-state index contributed by atoms with van der Waals surface area (Å²) in [6.45, 7) is 3.53. The second-order valence-electron chi connectivity index (χ2n) is 1.73. The highest BCUT2D eigenvalue weighted by molar-refractivity contribution is 5.87. The van der Waals surface area contributed by atoms with Crippen LogP contribution in [0.3, 0.4) is 0 Å². The van der Waals surface area contributed by atoms with Gasteiger partial charge in [0.05, 0.1) is 12.2 Å². The zero-order valence-corrected chi connectivity index (χ0v) is 6.46. The third-order valence-electron chi connectivity index (χ3n) is 0.886. The minimum absolute atomic E-state index is 0.272. The molecule has 0 spiro atoms. The first-order valence-corrected chi connectivity index (χ1v) is 3.11. The highest BCUT2D eigenvalue weighted by Gasteiger charge is 2.03. The van der Waals surface area contributed by atoms with Gasteiger partial charge in [0.15, 0.2) is 0 Å². The summed E-state index contributed by atoms with van der Waals surface area (Å²) in [6.07, 6.45) is 2.46. The molecule has 0 heterocycles. The molecule has 0 unspecified atom stereocenters. The standard InChI is InChI=1S/C7H9NO3/c1-3-11-7(9)6(2)4-10-5-8/h4H,3H2,1-2H3/b6-4+. The average Bonchev–Trinajstić information content (AvgIpc) is 2.00. The third kappa shape index (κ3) is 3.98. The maximum atomic E-state index is 10.8. The van der Waals surface area contributed by atoms with E-state index in [0.717, 1.165) is 6.26 Å². The number of hydrogen-bond donors (Lipinski definition) is 0. The topological polar surface area (TPSA) is 59.3 Å². The molecule has 0 aliphatic heterocycles. The summed E-state index contributed by atoms with van der Waals surface area (Å²) in [5.74, 6) is -0.470. The predicted molar refractivity (Wildman–Crippen MR) is 37.1 cm³/mol. The maximum Gasteiger partial charge on any atom is 0.336 e. The summed E-state index contributed by atoms with van der Waals surface area (Å²) in [4.78, 5) is 10.8. The quantitative estimate of drug-likeness (QED) is 0.263. The van der Waals surface area contributed by atoms with E-state index in [0.29, 0.717) is 6.61 Å². The Morgan fingerprint density at radius 2 is 2.36 bits per heavy atom. The van der Waals surface area contributed by atoms with Crippen LogP contribution >= 0.6 is 0 Å². The van der Waals surface area contributed by atoms with E-state index < -0.39 is 5.97 Å². The van der Waals surface area contributed by atoms with Crippen LogP contribution in [0.15, 0.2) is 11.8 Å². The molecule has 11 heavy (non-hydrogen) atoms. The fourth-order valence-corrected chi connectivity index (χ4v) is 0.408. The van der Waals surface area contributed by atoms with Gasteiger partial charge in [-0.15, -0.1) is 5.26 Å². The summed E-state index contributed by atoms with van der Waals surface area (Å²) in [5.41, 5.74) is 0.272. The van der Waals surface area contributed by atoms with Gasteiger partial charge in [0.1, 0.15) is 6.26 Å². The highest BCUT2D eigenvalue weighted by Crippen LogP contribution is 1.95. The molecule has 0 amide bonds. The Hall–Kier alpha value is -1.50. The summed E-state index contributed by atoms with van der Waals surface area (Å²) in [5, 5.41) is 7.96. The van der Waals surface area contributed by atoms with Gasteiger partial charge in [-0.3, -0.25) is 0 Å². The summed E-state index contributed by atoms with van der Waals surface area (Å²) >= 11 is 0. The van der Waals surface area contributed by atoms with Crippen molar-refractivity contribution >= 4 is 5.97 Å². The van der Waals surface area contributed by atoms with E-state index in [4.69, 9.17) is 5.26 Å². The Morgan fingerprint density at radius 3 is 2.82 bits per heavy atom. The van der Waals surface area contributed by atoms with Gasteiger partial charge in [-0.05, 0) is 13.8 Å². The Bertz CT molecular complexity index is 202. The van der Waals surface area contributed by atoms with Crippen molar-refractivity contribution in [2.75, 3.05) is 6.61 Å². The lowest BCUT2D eigenvalue weighted by Gasteiger charge is -1.98. The fourth-order valence-electron chi connectivity index (χ4n) is 0.408. The van der Waals surface area contributed by atoms with Crippen LogP contribution in [0.4, 0.5) is 0 Å². The summed E-state index contributed by atoms with van der Waals surface area (Å²) in [6, 6.07) is 0. The number of rotatable bonds is 3. The van der Waals surface area contributed by atoms with E-state index in [1.165, 1.54) is 13.2 Å². The minimum atomic E-state index is -0.470. The van der Waals surface area contributed by atoms with Crippen molar-refractivity contribution in [1.29, 1.82) is 5.26 Å². The molecule has 0 rings (SSSR count). The van der Waals surface area contributed by atoms with Gasteiger partial charge in [-0.1, -0.05) is 0 Å². The van der Waals surface area contributed by atoms with Crippen molar-refractivity contribution in [3.8, 4) is 6.26 Å². The van der Waals surface area contributed by atoms with Gasteiger partial charge in [-0.25, -0.2) is 4.79 Å². The van der Waals surface area contributed by atoms with E-state index in [2.05, 4.69) is 9.47 Å². The van der Waals surface area contributed by atoms with Crippen LogP contribution in [-0.4, -0.2) is 12.6 Å². The first kappa shape index (κ1) is 9.50. The number of nitrogens with zero attached hydrogens (tertiary/aromatic N) is 1. The lowest BCUT2D eigenvalue weighted by Crippen LogP contribution is -2.04. The van der Waals surface area contributed by atoms with Gasteiger partial charge in [0.2, 0.25) is 0 Å². The van der Waals surface area contributed by atoms with E-state index in [1.54, 1.807) is 6.92 Å². The van der Waals surface area contributed by atoms with Crippen LogP contribution in [0.5, 0.6) is 0 Å². The van der Waals surface area contributed by atoms with Crippen LogP contribution in [0.25, 0.3) is 0 Å². The van der Waals surface area contributed by atoms with Crippen molar-refractivity contribution in [2.24, 2.45) is 0 Å². The van der Waals surface area contributed by atoms with Gasteiger partial charge in [0, 0.05) is 0 Å². The number of carbonyl (C=O) groups excluding carboxylic acids is 1. The van der Waals surface area contributed by atoms with Crippen molar-refractivity contribution in [2.45, 2.75) is 13.8 Å². The lowest BCUT2D eigenvalue weighted by molar-refractivity contribution is -0.138. The predicted octanol–water partition coefficient (Wildman–Crippen LogP) is 0.951. The molecule has 0 aliphatic carbocycles. The molecule has 0 atom stereocenters. The molecule has 0 N–H and O–H groups in total. The molecule has 0 aromatic carbocycles. The van der Waals surface area contributed by atoms with Crippen molar-refractivity contribution in [3.05, 3.63) is 11.8 Å². The minimum Gasteiger partial charge on any atom is -0.463 e. The number of hydrogen-bond acceptors (Lipinski definition) is 4. The van der Waals surface area contributed by atoms with E-state index >= 15 is 0 Å². The smallest absolute Gasteiger partial charge is 0.336 e. The van der Waals surface area contributed by atoms with Crippen molar-refractivity contribution in [1.82, 2.24) is 0 Å². The molecule has 0 aromatic rings. The first-order chi connectivity index (χ1) is 5.22. The summed E-state index contributed by atoms with van der Waals surface area (Å²) < 4.78 is 8.81. The molecular weight excluding hydrogens is 146 g/mol. The molecule has 0 fully saturated rings. The van der Waals surface area contributed by atoms with Gasteiger partial charge in [-0.2, -0.15) is 0 Å². The number of carbonyl (C=O) groups is 1. The maximum absolute atomic E-state index is 10.8. The molecule has 0 bridgehead atoms. The SMILES string of the molecule is CCOC(=O)/C(C)=C/OC#N. The van der Waals surface area contributed by atoms with Gasteiger partial charge in [0.25, 0.3) is 6.26 Å². The molecular formula is C7H9NO3. The second-order valence-corrected chi connectivity index (χ2v) is 1.73. The zero-order chi connectivity index (χ0) is 8.69. The van der Waals surface area contributed by atoms with Gasteiger partial charge < -0.3 is 9.47 Å². The van der Waals surface area contributed by atoms with Crippen LogP contribution in [0.1, 0.15) is 13.8 Å². The highest BCUT2D eigenvalue weighted by atomic mass is 16.5. The molecule has 0 aliphatic rings. The molecule has 0 saturated heterocycles. The average molecular weight is 155 g/mol. The summed E-state index contributed by atoms with van der Waals surface area (Å²) in [7, 11) is 0. The van der Waals surface area contributed by atoms with Crippen molar-refractivity contribution in [3.63, 3.8) is 0 Å².